The lowest BCUT2D eigenvalue weighted by Gasteiger charge is -2.10. The molecule has 21 heavy (non-hydrogen) atoms. The molecule has 110 valence electrons. The number of aromatic nitrogens is 2. The molecule has 0 saturated heterocycles. The van der Waals surface area contributed by atoms with Crippen LogP contribution >= 0.6 is 23.2 Å². The lowest BCUT2D eigenvalue weighted by molar-refractivity contribution is 0.0697. The largest absolute Gasteiger partial charge is 0.478 e. The first-order chi connectivity index (χ1) is 9.97. The monoisotopic (exact) mass is 330 g/mol. The Balaban J connectivity index is 2.05. The molecule has 0 aliphatic rings. The maximum Gasteiger partial charge on any atom is 0.335 e. The molecule has 8 nitrogen and oxygen atoms in total. The molecule has 1 aromatic heterocycles. The predicted octanol–water partition coefficient (Wildman–Crippen LogP) is 2.40. The van der Waals surface area contributed by atoms with E-state index in [0.29, 0.717) is 5.82 Å². The molecule has 0 spiro atoms. The molecule has 2 aromatic rings. The third kappa shape index (κ3) is 3.83. The van der Waals surface area contributed by atoms with E-state index < -0.39 is 12.0 Å². The number of halogens is 2. The minimum Gasteiger partial charge on any atom is -0.478 e. The molecule has 2 amide bonds. The van der Waals surface area contributed by atoms with E-state index in [9.17, 15) is 9.59 Å². The fourth-order valence-corrected chi connectivity index (χ4v) is 1.98. The van der Waals surface area contributed by atoms with Crippen molar-refractivity contribution in [3.05, 3.63) is 40.0 Å². The number of rotatable bonds is 4. The minimum absolute atomic E-state index is 0.00890. The van der Waals surface area contributed by atoms with Gasteiger partial charge in [0.15, 0.2) is 5.82 Å². The Morgan fingerprint density at radius 3 is 2.48 bits per heavy atom. The molecule has 0 atom stereocenters. The van der Waals surface area contributed by atoms with Crippen LogP contribution in [0.2, 0.25) is 10.0 Å². The van der Waals surface area contributed by atoms with Crippen molar-refractivity contribution < 1.29 is 19.2 Å². The van der Waals surface area contributed by atoms with Gasteiger partial charge in [-0.3, -0.25) is 0 Å². The van der Waals surface area contributed by atoms with Gasteiger partial charge >= 0.3 is 12.0 Å². The molecule has 0 bridgehead atoms. The lowest BCUT2D eigenvalue weighted by atomic mass is 10.2. The highest BCUT2D eigenvalue weighted by molar-refractivity contribution is 6.40. The quantitative estimate of drug-likeness (QED) is 0.792. The van der Waals surface area contributed by atoms with Crippen LogP contribution in [0, 0.1) is 0 Å². The molecule has 0 radical (unpaired) electrons. The maximum absolute atomic E-state index is 11.7. The van der Waals surface area contributed by atoms with Crippen LogP contribution in [-0.2, 0) is 6.54 Å². The van der Waals surface area contributed by atoms with E-state index in [4.69, 9.17) is 28.3 Å². The summed E-state index contributed by atoms with van der Waals surface area (Å²) in [6.45, 7) is 0.0464. The number of carbonyl (C=O) groups excluding carboxylic acids is 1. The number of benzene rings is 1. The third-order valence-electron chi connectivity index (χ3n) is 2.34. The van der Waals surface area contributed by atoms with Crippen LogP contribution in [0.15, 0.2) is 23.0 Å². The summed E-state index contributed by atoms with van der Waals surface area (Å²) in [7, 11) is 0. The zero-order valence-corrected chi connectivity index (χ0v) is 11.8. The van der Waals surface area contributed by atoms with E-state index in [1.165, 1.54) is 12.1 Å². The van der Waals surface area contributed by atoms with Gasteiger partial charge in [-0.1, -0.05) is 28.4 Å². The number of urea groups is 1. The number of nitrogens with one attached hydrogen (secondary N) is 2. The molecule has 1 heterocycles. The Kier molecular flexibility index (Phi) is 4.61. The molecular weight excluding hydrogens is 323 g/mol. The van der Waals surface area contributed by atoms with Crippen molar-refractivity contribution in [3.63, 3.8) is 0 Å². The second-order valence-corrected chi connectivity index (χ2v) is 4.59. The number of anilines is 1. The van der Waals surface area contributed by atoms with Gasteiger partial charge in [0.25, 0.3) is 0 Å². The second kappa shape index (κ2) is 6.42. The summed E-state index contributed by atoms with van der Waals surface area (Å²) in [5.41, 5.74) is 0.0247. The van der Waals surface area contributed by atoms with Crippen LogP contribution in [-0.4, -0.2) is 27.2 Å². The SMILES string of the molecule is O=C(NCc1ncon1)Nc1c(Cl)cc(C(=O)O)cc1Cl. The number of hydrogen-bond acceptors (Lipinski definition) is 5. The normalized spacial score (nSPS) is 10.2. The fraction of sp³-hybridized carbons (Fsp3) is 0.0909. The number of amides is 2. The maximum atomic E-state index is 11.7. The van der Waals surface area contributed by atoms with E-state index in [0.717, 1.165) is 6.39 Å². The third-order valence-corrected chi connectivity index (χ3v) is 2.94. The zero-order valence-electron chi connectivity index (χ0n) is 10.3. The smallest absolute Gasteiger partial charge is 0.335 e. The topological polar surface area (TPSA) is 117 Å². The molecule has 0 saturated carbocycles. The standard InChI is InChI=1S/C11H8Cl2N4O4/c12-6-1-5(10(18)19)2-7(13)9(6)16-11(20)14-3-8-15-4-21-17-8/h1-2,4H,3H2,(H,18,19)(H2,14,16,20). The van der Waals surface area contributed by atoms with Crippen LogP contribution < -0.4 is 10.6 Å². The Morgan fingerprint density at radius 2 is 1.95 bits per heavy atom. The molecule has 0 aliphatic heterocycles. The van der Waals surface area contributed by atoms with Crippen LogP contribution in [0.1, 0.15) is 16.2 Å². The summed E-state index contributed by atoms with van der Waals surface area (Å²) in [5.74, 6) is -0.879. The van der Waals surface area contributed by atoms with Crippen molar-refractivity contribution in [1.29, 1.82) is 0 Å². The molecule has 0 fully saturated rings. The molecule has 2 rings (SSSR count). The lowest BCUT2D eigenvalue weighted by Crippen LogP contribution is -2.28. The fourth-order valence-electron chi connectivity index (χ4n) is 1.40. The predicted molar refractivity (Wildman–Crippen MR) is 73.6 cm³/mol. The summed E-state index contributed by atoms with van der Waals surface area (Å²) in [6, 6.07) is 1.77. The zero-order chi connectivity index (χ0) is 15.4. The van der Waals surface area contributed by atoms with Gasteiger partial charge in [-0.05, 0) is 12.1 Å². The van der Waals surface area contributed by atoms with E-state index in [1.54, 1.807) is 0 Å². The first-order valence-corrected chi connectivity index (χ1v) is 6.25. The molecular formula is C11H8Cl2N4O4. The Bertz CT molecular complexity index is 652. The van der Waals surface area contributed by atoms with Crippen molar-refractivity contribution in [2.75, 3.05) is 5.32 Å². The average molecular weight is 331 g/mol. The van der Waals surface area contributed by atoms with Crippen molar-refractivity contribution in [2.24, 2.45) is 0 Å². The van der Waals surface area contributed by atoms with E-state index in [-0.39, 0.29) is 27.8 Å². The second-order valence-electron chi connectivity index (χ2n) is 3.78. The Morgan fingerprint density at radius 1 is 1.29 bits per heavy atom. The summed E-state index contributed by atoms with van der Waals surface area (Å²) >= 11 is 11.8. The minimum atomic E-state index is -1.17. The summed E-state index contributed by atoms with van der Waals surface area (Å²) < 4.78 is 4.51. The molecule has 0 unspecified atom stereocenters. The van der Waals surface area contributed by atoms with Crippen LogP contribution in [0.3, 0.4) is 0 Å². The first-order valence-electron chi connectivity index (χ1n) is 5.50. The van der Waals surface area contributed by atoms with Crippen LogP contribution in [0.4, 0.5) is 10.5 Å². The van der Waals surface area contributed by atoms with Crippen molar-refractivity contribution in [3.8, 4) is 0 Å². The van der Waals surface area contributed by atoms with E-state index >= 15 is 0 Å². The number of carboxylic acid groups (broad SMARTS) is 1. The van der Waals surface area contributed by atoms with Crippen LogP contribution in [0.5, 0.6) is 0 Å². The molecule has 10 heteroatoms. The van der Waals surface area contributed by atoms with Crippen LogP contribution in [0.25, 0.3) is 0 Å². The van der Waals surface area contributed by atoms with Gasteiger partial charge in [0.2, 0.25) is 6.39 Å². The highest BCUT2D eigenvalue weighted by Crippen LogP contribution is 2.31. The number of carboxylic acids is 1. The number of aromatic carboxylic acids is 1. The summed E-state index contributed by atoms with van der Waals surface area (Å²) in [6.07, 6.45) is 1.13. The molecule has 1 aromatic carbocycles. The van der Waals surface area contributed by atoms with E-state index in [1.807, 2.05) is 0 Å². The van der Waals surface area contributed by atoms with Crippen molar-refractivity contribution >= 4 is 40.9 Å². The van der Waals surface area contributed by atoms with Gasteiger partial charge < -0.3 is 20.3 Å². The average Bonchev–Trinajstić information content (AvgIpc) is 2.93. The van der Waals surface area contributed by atoms with Gasteiger partial charge in [-0.25, -0.2) is 9.59 Å². The van der Waals surface area contributed by atoms with Gasteiger partial charge in [-0.15, -0.1) is 0 Å². The summed E-state index contributed by atoms with van der Waals surface area (Å²) in [5, 5.41) is 17.3. The van der Waals surface area contributed by atoms with Gasteiger partial charge in [0.1, 0.15) is 0 Å². The first kappa shape index (κ1) is 15.1. The molecule has 0 aliphatic carbocycles. The van der Waals surface area contributed by atoms with Crippen molar-refractivity contribution in [2.45, 2.75) is 6.54 Å². The Hall–Kier alpha value is -2.32. The van der Waals surface area contributed by atoms with Gasteiger partial charge in [0.05, 0.1) is 27.8 Å². The highest BCUT2D eigenvalue weighted by atomic mass is 35.5. The summed E-state index contributed by atoms with van der Waals surface area (Å²) in [4.78, 5) is 26.2. The number of hydrogen-bond donors (Lipinski definition) is 3. The number of carbonyl (C=O) groups is 2. The molecule has 3 N–H and O–H groups in total. The number of nitrogens with zero attached hydrogens (tertiary/aromatic N) is 2. The van der Waals surface area contributed by atoms with Gasteiger partial charge in [0, 0.05) is 0 Å². The van der Waals surface area contributed by atoms with Gasteiger partial charge in [-0.2, -0.15) is 4.98 Å². The Labute approximate surface area is 128 Å². The van der Waals surface area contributed by atoms with E-state index in [2.05, 4.69) is 25.3 Å². The van der Waals surface area contributed by atoms with Crippen molar-refractivity contribution in [1.82, 2.24) is 15.5 Å². The highest BCUT2D eigenvalue weighted by Gasteiger charge is 2.14.